The molecule has 1 aromatic carbocycles. The predicted molar refractivity (Wildman–Crippen MR) is 76.7 cm³/mol. The van der Waals surface area contributed by atoms with E-state index in [2.05, 4.69) is 20.9 Å². The van der Waals surface area contributed by atoms with Gasteiger partial charge in [0.1, 0.15) is 0 Å². The number of fused-ring (bicyclic) bond motifs is 6. The van der Waals surface area contributed by atoms with Crippen molar-refractivity contribution in [3.05, 3.63) is 33.4 Å². The number of carbonyl (C=O) groups is 1. The van der Waals surface area contributed by atoms with Crippen LogP contribution in [0.15, 0.2) is 16.6 Å². The Morgan fingerprint density at radius 2 is 2.21 bits per heavy atom. The van der Waals surface area contributed by atoms with Gasteiger partial charge >= 0.3 is 5.97 Å². The lowest BCUT2D eigenvalue weighted by Gasteiger charge is -2.19. The third-order valence-electron chi connectivity index (χ3n) is 4.71. The third kappa shape index (κ3) is 1.52. The molecule has 2 atom stereocenters. The smallest absolute Gasteiger partial charge is 0.337 e. The fourth-order valence-corrected chi connectivity index (χ4v) is 4.47. The summed E-state index contributed by atoms with van der Waals surface area (Å²) in [7, 11) is 0. The van der Waals surface area contributed by atoms with E-state index >= 15 is 0 Å². The monoisotopic (exact) mass is 319 g/mol. The van der Waals surface area contributed by atoms with Crippen LogP contribution in [0, 0.1) is 5.92 Å². The van der Waals surface area contributed by atoms with E-state index in [-0.39, 0.29) is 0 Å². The van der Waals surface area contributed by atoms with E-state index in [9.17, 15) is 9.90 Å². The van der Waals surface area contributed by atoms with Crippen molar-refractivity contribution < 1.29 is 9.90 Å². The zero-order valence-corrected chi connectivity index (χ0v) is 12.0. The van der Waals surface area contributed by atoms with Gasteiger partial charge < -0.3 is 10.1 Å². The maximum absolute atomic E-state index is 11.4. The van der Waals surface area contributed by atoms with Gasteiger partial charge in [0.2, 0.25) is 0 Å². The predicted octanol–water partition coefficient (Wildman–Crippen LogP) is 4.07. The van der Waals surface area contributed by atoms with Gasteiger partial charge in [0.15, 0.2) is 0 Å². The molecular weight excluding hydrogens is 306 g/mol. The fraction of sp³-hybridized carbons (Fsp3) is 0.400. The van der Waals surface area contributed by atoms with Crippen molar-refractivity contribution in [3.63, 3.8) is 0 Å². The van der Waals surface area contributed by atoms with Crippen LogP contribution < -0.4 is 0 Å². The first-order chi connectivity index (χ1) is 9.15. The minimum atomic E-state index is -0.860. The molecule has 98 valence electrons. The van der Waals surface area contributed by atoms with E-state index < -0.39 is 5.97 Å². The number of aromatic carboxylic acids is 1. The standard InChI is InChI=1S/C15H14BrNO2/c16-11-4-3-9(15(18)19)14-12(11)10-6-7-1-2-8(5-7)13(10)17-14/h3-4,7-8,17H,1-2,5-6H2,(H,18,19). The van der Waals surface area contributed by atoms with Crippen LogP contribution in [0.1, 0.15) is 46.8 Å². The van der Waals surface area contributed by atoms with Crippen molar-refractivity contribution in [1.82, 2.24) is 4.98 Å². The van der Waals surface area contributed by atoms with E-state index in [1.54, 1.807) is 6.07 Å². The highest BCUT2D eigenvalue weighted by molar-refractivity contribution is 9.10. The largest absolute Gasteiger partial charge is 0.478 e. The Labute approximate surface area is 119 Å². The van der Waals surface area contributed by atoms with Crippen LogP contribution in [0.5, 0.6) is 0 Å². The van der Waals surface area contributed by atoms with Crippen LogP contribution in [0.3, 0.4) is 0 Å². The second-order valence-electron chi connectivity index (χ2n) is 5.75. The number of benzene rings is 1. The molecule has 2 aliphatic carbocycles. The lowest BCUT2D eigenvalue weighted by molar-refractivity contribution is 0.0699. The van der Waals surface area contributed by atoms with Crippen LogP contribution in [-0.2, 0) is 6.42 Å². The first-order valence-electron chi connectivity index (χ1n) is 6.71. The van der Waals surface area contributed by atoms with Crippen molar-refractivity contribution in [2.75, 3.05) is 0 Å². The Balaban J connectivity index is 2.06. The van der Waals surface area contributed by atoms with Gasteiger partial charge in [-0.2, -0.15) is 0 Å². The number of aromatic amines is 1. The van der Waals surface area contributed by atoms with E-state index in [1.165, 1.54) is 30.5 Å². The number of hydrogen-bond acceptors (Lipinski definition) is 1. The van der Waals surface area contributed by atoms with Gasteiger partial charge in [-0.3, -0.25) is 0 Å². The summed E-state index contributed by atoms with van der Waals surface area (Å²) in [5.41, 5.74) is 3.81. The molecule has 0 radical (unpaired) electrons. The molecule has 1 saturated carbocycles. The van der Waals surface area contributed by atoms with Gasteiger partial charge in [-0.05, 0) is 55.2 Å². The molecule has 0 aliphatic heterocycles. The molecule has 0 saturated heterocycles. The number of carboxylic acid groups (broad SMARTS) is 1. The van der Waals surface area contributed by atoms with Crippen molar-refractivity contribution in [1.29, 1.82) is 0 Å². The van der Waals surface area contributed by atoms with Crippen LogP contribution in [0.25, 0.3) is 10.9 Å². The molecule has 1 heterocycles. The van der Waals surface area contributed by atoms with E-state index in [1.807, 2.05) is 6.07 Å². The molecule has 2 unspecified atom stereocenters. The first-order valence-corrected chi connectivity index (χ1v) is 7.50. The molecule has 1 aromatic heterocycles. The van der Waals surface area contributed by atoms with Gasteiger partial charge in [0, 0.05) is 15.6 Å². The number of nitrogens with one attached hydrogen (secondary N) is 1. The lowest BCUT2D eigenvalue weighted by Crippen LogP contribution is -2.09. The second kappa shape index (κ2) is 3.85. The zero-order chi connectivity index (χ0) is 13.1. The Kier molecular flexibility index (Phi) is 2.34. The highest BCUT2D eigenvalue weighted by atomic mass is 79.9. The summed E-state index contributed by atoms with van der Waals surface area (Å²) in [5.74, 6) is 0.535. The number of rotatable bonds is 1. The Morgan fingerprint density at radius 1 is 1.37 bits per heavy atom. The Bertz CT molecular complexity index is 704. The maximum atomic E-state index is 11.4. The molecule has 4 heteroatoms. The van der Waals surface area contributed by atoms with E-state index in [4.69, 9.17) is 0 Å². The molecule has 0 spiro atoms. The Hall–Kier alpha value is -1.29. The van der Waals surface area contributed by atoms with Crippen LogP contribution in [0.4, 0.5) is 0 Å². The normalized spacial score (nSPS) is 24.7. The average Bonchev–Trinajstić information content (AvgIpc) is 2.93. The highest BCUT2D eigenvalue weighted by Gasteiger charge is 2.36. The summed E-state index contributed by atoms with van der Waals surface area (Å²) in [5, 5.41) is 10.4. The highest BCUT2D eigenvalue weighted by Crippen LogP contribution is 2.49. The van der Waals surface area contributed by atoms with Crippen molar-refractivity contribution in [2.24, 2.45) is 5.92 Å². The molecule has 0 amide bonds. The maximum Gasteiger partial charge on any atom is 0.337 e. The molecule has 2 bridgehead atoms. The van der Waals surface area contributed by atoms with Crippen LogP contribution >= 0.6 is 15.9 Å². The summed E-state index contributed by atoms with van der Waals surface area (Å²) in [4.78, 5) is 14.8. The average molecular weight is 320 g/mol. The zero-order valence-electron chi connectivity index (χ0n) is 10.4. The number of carboxylic acids is 1. The third-order valence-corrected chi connectivity index (χ3v) is 5.37. The molecular formula is C15H14BrNO2. The minimum Gasteiger partial charge on any atom is -0.478 e. The van der Waals surface area contributed by atoms with Gasteiger partial charge in [-0.25, -0.2) is 4.79 Å². The summed E-state index contributed by atoms with van der Waals surface area (Å²) in [6.07, 6.45) is 4.91. The molecule has 2 aliphatic rings. The van der Waals surface area contributed by atoms with Crippen molar-refractivity contribution in [2.45, 2.75) is 31.6 Å². The topological polar surface area (TPSA) is 53.1 Å². The molecule has 3 nitrogen and oxygen atoms in total. The molecule has 19 heavy (non-hydrogen) atoms. The Morgan fingerprint density at radius 3 is 3.00 bits per heavy atom. The van der Waals surface area contributed by atoms with Gasteiger partial charge in [-0.1, -0.05) is 15.9 Å². The number of H-pyrrole nitrogens is 1. The summed E-state index contributed by atoms with van der Waals surface area (Å²) >= 11 is 3.59. The first kappa shape index (κ1) is 11.5. The van der Waals surface area contributed by atoms with Gasteiger partial charge in [0.05, 0.1) is 11.1 Å². The summed E-state index contributed by atoms with van der Waals surface area (Å²) in [6.45, 7) is 0. The minimum absolute atomic E-state index is 0.378. The van der Waals surface area contributed by atoms with Crippen molar-refractivity contribution >= 4 is 32.8 Å². The van der Waals surface area contributed by atoms with Crippen LogP contribution in [-0.4, -0.2) is 16.1 Å². The number of aromatic nitrogens is 1. The van der Waals surface area contributed by atoms with E-state index in [0.717, 1.165) is 27.7 Å². The number of hydrogen-bond donors (Lipinski definition) is 2. The van der Waals surface area contributed by atoms with Gasteiger partial charge in [0.25, 0.3) is 0 Å². The lowest BCUT2D eigenvalue weighted by atomic mass is 9.86. The summed E-state index contributed by atoms with van der Waals surface area (Å²) < 4.78 is 1.01. The molecule has 1 fully saturated rings. The fourth-order valence-electron chi connectivity index (χ4n) is 3.90. The molecule has 2 N–H and O–H groups in total. The summed E-state index contributed by atoms with van der Waals surface area (Å²) in [6, 6.07) is 3.53. The molecule has 2 aromatic rings. The van der Waals surface area contributed by atoms with Crippen molar-refractivity contribution in [3.8, 4) is 0 Å². The van der Waals surface area contributed by atoms with E-state index in [0.29, 0.717) is 11.5 Å². The van der Waals surface area contributed by atoms with Gasteiger partial charge in [-0.15, -0.1) is 0 Å². The quantitative estimate of drug-likeness (QED) is 0.832. The second-order valence-corrected chi connectivity index (χ2v) is 6.60. The SMILES string of the molecule is O=C(O)c1ccc(Br)c2c3c([nH]c12)C1CCC(C3)C1. The van der Waals surface area contributed by atoms with Crippen LogP contribution in [0.2, 0.25) is 0 Å². The number of halogens is 1. The molecule has 4 rings (SSSR count).